The lowest BCUT2D eigenvalue weighted by molar-refractivity contribution is 0.0453. The quantitative estimate of drug-likeness (QED) is 0.467. The molecule has 0 bridgehead atoms. The van der Waals surface area contributed by atoms with E-state index in [1.165, 1.54) is 16.6 Å². The van der Waals surface area contributed by atoms with Crippen LogP contribution in [-0.4, -0.2) is 45.2 Å². The summed E-state index contributed by atoms with van der Waals surface area (Å²) >= 11 is 3.31. The van der Waals surface area contributed by atoms with Crippen molar-refractivity contribution in [3.05, 3.63) is 51.8 Å². The van der Waals surface area contributed by atoms with E-state index >= 15 is 0 Å². The van der Waals surface area contributed by atoms with E-state index in [4.69, 9.17) is 0 Å². The van der Waals surface area contributed by atoms with Crippen LogP contribution in [0.1, 0.15) is 53.9 Å². The summed E-state index contributed by atoms with van der Waals surface area (Å²) in [5.41, 5.74) is 1.35. The number of aromatic nitrogens is 3. The Labute approximate surface area is 191 Å². The molecule has 9 heteroatoms. The fraction of sp³-hybridized carbons (Fsp3) is 0.435. The zero-order valence-electron chi connectivity index (χ0n) is 17.3. The van der Waals surface area contributed by atoms with Crippen molar-refractivity contribution in [1.29, 1.82) is 0 Å². The van der Waals surface area contributed by atoms with Crippen molar-refractivity contribution in [2.75, 3.05) is 19.8 Å². The number of alkyl halides is 1. The lowest BCUT2D eigenvalue weighted by atomic mass is 9.83. The molecule has 2 aromatic heterocycles. The van der Waals surface area contributed by atoms with Crippen molar-refractivity contribution in [2.24, 2.45) is 5.92 Å². The normalized spacial score (nSPS) is 17.7. The van der Waals surface area contributed by atoms with E-state index in [1.54, 1.807) is 17.2 Å². The van der Waals surface area contributed by atoms with Gasteiger partial charge >= 0.3 is 0 Å². The molecule has 1 aliphatic carbocycles. The fourth-order valence-corrected chi connectivity index (χ4v) is 5.27. The first-order chi connectivity index (χ1) is 15.5. The van der Waals surface area contributed by atoms with Crippen molar-refractivity contribution < 1.29 is 18.0 Å². The summed E-state index contributed by atoms with van der Waals surface area (Å²) < 4.78 is 44.4. The highest BCUT2D eigenvalue weighted by Gasteiger charge is 2.34. The lowest BCUT2D eigenvalue weighted by Crippen LogP contribution is -2.50. The molecule has 0 radical (unpaired) electrons. The summed E-state index contributed by atoms with van der Waals surface area (Å²) in [6, 6.07) is 4.25. The van der Waals surface area contributed by atoms with E-state index in [0.29, 0.717) is 29.0 Å². The van der Waals surface area contributed by atoms with Gasteiger partial charge in [-0.3, -0.25) is 9.18 Å². The Morgan fingerprint density at radius 3 is 2.47 bits per heavy atom. The SMILES string of the molecule is O=C(c1c(Br)nn2ccc(-c3cc(F)c(C4CCCCC4)c(F)c3)nc12)N1CC(CF)C1. The third-order valence-corrected chi connectivity index (χ3v) is 7.06. The molecule has 3 heterocycles. The van der Waals surface area contributed by atoms with Crippen LogP contribution in [0.15, 0.2) is 29.0 Å². The van der Waals surface area contributed by atoms with Gasteiger partial charge in [0.15, 0.2) is 5.65 Å². The van der Waals surface area contributed by atoms with E-state index in [1.807, 2.05) is 0 Å². The molecule has 1 aromatic carbocycles. The molecule has 1 saturated heterocycles. The van der Waals surface area contributed by atoms with Gasteiger partial charge in [-0.05, 0) is 52.9 Å². The number of carbonyl (C=O) groups excluding carboxylic acids is 1. The van der Waals surface area contributed by atoms with Gasteiger partial charge in [0.05, 0.1) is 12.4 Å². The van der Waals surface area contributed by atoms with Gasteiger partial charge in [-0.2, -0.15) is 5.10 Å². The highest BCUT2D eigenvalue weighted by molar-refractivity contribution is 9.10. The average molecular weight is 507 g/mol. The fourth-order valence-electron chi connectivity index (χ4n) is 4.75. The summed E-state index contributed by atoms with van der Waals surface area (Å²) in [5.74, 6) is -1.65. The monoisotopic (exact) mass is 506 g/mol. The molecule has 3 aromatic rings. The Bertz CT molecular complexity index is 1160. The van der Waals surface area contributed by atoms with E-state index in [0.717, 1.165) is 32.1 Å². The topological polar surface area (TPSA) is 50.5 Å². The largest absolute Gasteiger partial charge is 0.338 e. The second-order valence-electron chi connectivity index (χ2n) is 8.67. The second-order valence-corrected chi connectivity index (χ2v) is 9.42. The number of hydrogen-bond donors (Lipinski definition) is 0. The third-order valence-electron chi connectivity index (χ3n) is 6.51. The van der Waals surface area contributed by atoms with Gasteiger partial charge in [0.25, 0.3) is 5.91 Å². The van der Waals surface area contributed by atoms with Crippen molar-refractivity contribution in [3.63, 3.8) is 0 Å². The first-order valence-corrected chi connectivity index (χ1v) is 11.6. The summed E-state index contributed by atoms with van der Waals surface area (Å²) in [7, 11) is 0. The third kappa shape index (κ3) is 3.70. The molecule has 2 fully saturated rings. The molecule has 0 N–H and O–H groups in total. The van der Waals surface area contributed by atoms with Crippen molar-refractivity contribution in [3.8, 4) is 11.3 Å². The maximum absolute atomic E-state index is 15.0. The van der Waals surface area contributed by atoms with Gasteiger partial charge in [0.1, 0.15) is 21.8 Å². The molecule has 5 nitrogen and oxygen atoms in total. The smallest absolute Gasteiger partial charge is 0.260 e. The van der Waals surface area contributed by atoms with Crippen LogP contribution in [0.3, 0.4) is 0 Å². The summed E-state index contributed by atoms with van der Waals surface area (Å²) in [5, 5.41) is 4.26. The molecule has 0 spiro atoms. The Kier molecular flexibility index (Phi) is 5.69. The van der Waals surface area contributed by atoms with Crippen molar-refractivity contribution >= 4 is 27.5 Å². The van der Waals surface area contributed by atoms with Crippen LogP contribution in [0.4, 0.5) is 13.2 Å². The molecular formula is C23H22BrF3N4O. The standard InChI is InChI=1S/C23H22BrF3N4O/c24-21-20(23(32)30-11-13(10-25)12-30)22-28-18(6-7-31(22)29-21)15-8-16(26)19(17(27)9-15)14-4-2-1-3-5-14/h6-9,13-14H,1-5,10-12H2. The van der Waals surface area contributed by atoms with Gasteiger partial charge in [-0.1, -0.05) is 19.3 Å². The van der Waals surface area contributed by atoms with Crippen molar-refractivity contribution in [2.45, 2.75) is 38.0 Å². The van der Waals surface area contributed by atoms with Crippen LogP contribution in [0.5, 0.6) is 0 Å². The Hall–Kier alpha value is -2.42. The first-order valence-electron chi connectivity index (χ1n) is 10.9. The number of nitrogens with zero attached hydrogens (tertiary/aromatic N) is 4. The van der Waals surface area contributed by atoms with E-state index < -0.39 is 18.3 Å². The summed E-state index contributed by atoms with van der Waals surface area (Å²) in [4.78, 5) is 19.0. The molecule has 0 unspecified atom stereocenters. The second kappa shape index (κ2) is 8.50. The van der Waals surface area contributed by atoms with Crippen LogP contribution in [0, 0.1) is 17.6 Å². The maximum Gasteiger partial charge on any atom is 0.260 e. The number of amides is 1. The highest BCUT2D eigenvalue weighted by Crippen LogP contribution is 2.37. The van der Waals surface area contributed by atoms with Crippen LogP contribution < -0.4 is 0 Å². The molecule has 0 atom stereocenters. The molecule has 32 heavy (non-hydrogen) atoms. The number of likely N-dealkylation sites (tertiary alicyclic amines) is 1. The molecule has 5 rings (SSSR count). The zero-order chi connectivity index (χ0) is 22.4. The average Bonchev–Trinajstić information content (AvgIpc) is 3.08. The molecule has 1 amide bonds. The highest BCUT2D eigenvalue weighted by atomic mass is 79.9. The Morgan fingerprint density at radius 2 is 1.81 bits per heavy atom. The van der Waals surface area contributed by atoms with Gasteiger partial charge in [-0.15, -0.1) is 0 Å². The minimum absolute atomic E-state index is 0.0899. The Balaban J connectivity index is 1.50. The van der Waals surface area contributed by atoms with Crippen LogP contribution in [0.2, 0.25) is 0 Å². The van der Waals surface area contributed by atoms with E-state index in [9.17, 15) is 18.0 Å². The predicted octanol–water partition coefficient (Wildman–Crippen LogP) is 5.53. The number of hydrogen-bond acceptors (Lipinski definition) is 3. The van der Waals surface area contributed by atoms with Crippen LogP contribution in [0.25, 0.3) is 16.9 Å². The predicted molar refractivity (Wildman–Crippen MR) is 117 cm³/mol. The van der Waals surface area contributed by atoms with E-state index in [-0.39, 0.29) is 34.5 Å². The lowest BCUT2D eigenvalue weighted by Gasteiger charge is -2.37. The van der Waals surface area contributed by atoms with Gasteiger partial charge in [0, 0.05) is 36.3 Å². The van der Waals surface area contributed by atoms with Gasteiger partial charge in [0.2, 0.25) is 0 Å². The van der Waals surface area contributed by atoms with E-state index in [2.05, 4.69) is 26.0 Å². The van der Waals surface area contributed by atoms with Gasteiger partial charge < -0.3 is 4.90 Å². The molecule has 2 aliphatic rings. The van der Waals surface area contributed by atoms with Crippen LogP contribution in [-0.2, 0) is 0 Å². The summed E-state index contributed by atoms with van der Waals surface area (Å²) in [6.07, 6.45) is 6.28. The number of rotatable bonds is 4. The van der Waals surface area contributed by atoms with Crippen molar-refractivity contribution in [1.82, 2.24) is 19.5 Å². The number of benzene rings is 1. The summed E-state index contributed by atoms with van der Waals surface area (Å²) in [6.45, 7) is 0.228. The first kappa shape index (κ1) is 21.4. The van der Waals surface area contributed by atoms with Gasteiger partial charge in [-0.25, -0.2) is 18.3 Å². The minimum atomic E-state index is -0.558. The number of carbonyl (C=O) groups is 1. The molecule has 1 aliphatic heterocycles. The molecule has 168 valence electrons. The zero-order valence-corrected chi connectivity index (χ0v) is 18.9. The van der Waals surface area contributed by atoms with Crippen LogP contribution >= 0.6 is 15.9 Å². The maximum atomic E-state index is 15.0. The molecule has 1 saturated carbocycles. The Morgan fingerprint density at radius 1 is 1.12 bits per heavy atom. The minimum Gasteiger partial charge on any atom is -0.338 e. The molecular weight excluding hydrogens is 485 g/mol. The number of fused-ring (bicyclic) bond motifs is 1. The number of halogens is 4.